The van der Waals surface area contributed by atoms with Gasteiger partial charge in [-0.2, -0.15) is 5.10 Å². The molecule has 0 bridgehead atoms. The first-order chi connectivity index (χ1) is 19.0. The maximum atomic E-state index is 12.7. The Morgan fingerprint density at radius 2 is 2.10 bits per heavy atom. The van der Waals surface area contributed by atoms with E-state index in [0.717, 1.165) is 42.0 Å². The molecule has 0 saturated carbocycles. The van der Waals surface area contributed by atoms with Gasteiger partial charge in [-0.05, 0) is 44.8 Å². The third-order valence-corrected chi connectivity index (χ3v) is 6.80. The summed E-state index contributed by atoms with van der Waals surface area (Å²) >= 11 is 0. The number of anilines is 4. The van der Waals surface area contributed by atoms with Crippen molar-refractivity contribution in [3.05, 3.63) is 79.8 Å². The van der Waals surface area contributed by atoms with Crippen LogP contribution in [-0.2, 0) is 4.79 Å². The molecule has 5 rings (SSSR count). The van der Waals surface area contributed by atoms with Gasteiger partial charge >= 0.3 is 0 Å². The number of fused-ring (bicyclic) bond motifs is 1. The van der Waals surface area contributed by atoms with Crippen LogP contribution in [0.2, 0.25) is 0 Å². The van der Waals surface area contributed by atoms with E-state index in [4.69, 9.17) is 9.72 Å². The second-order valence-electron chi connectivity index (χ2n) is 9.49. The van der Waals surface area contributed by atoms with Crippen molar-refractivity contribution in [2.24, 2.45) is 0 Å². The largest absolute Gasteiger partial charge is 0.494 e. The third kappa shape index (κ3) is 5.60. The monoisotopic (exact) mass is 524 g/mol. The van der Waals surface area contributed by atoms with E-state index >= 15 is 0 Å². The zero-order valence-corrected chi connectivity index (χ0v) is 22.3. The Balaban J connectivity index is 1.49. The number of carbonyl (C=O) groups is 1. The molecule has 1 aliphatic rings. The Hall–Kier alpha value is -4.70. The molecule has 39 heavy (non-hydrogen) atoms. The van der Waals surface area contributed by atoms with Gasteiger partial charge in [0.1, 0.15) is 5.75 Å². The predicted molar refractivity (Wildman–Crippen MR) is 155 cm³/mol. The number of carbonyl (C=O) groups excluding carboxylic acids is 1. The molecular weight excluding hydrogens is 492 g/mol. The molecule has 0 radical (unpaired) electrons. The van der Waals surface area contributed by atoms with Gasteiger partial charge < -0.3 is 25.2 Å². The van der Waals surface area contributed by atoms with E-state index in [1.807, 2.05) is 42.6 Å². The smallest absolute Gasteiger partial charge is 0.248 e. The van der Waals surface area contributed by atoms with Gasteiger partial charge in [0, 0.05) is 49.2 Å². The molecule has 1 atom stereocenters. The summed E-state index contributed by atoms with van der Waals surface area (Å²) in [7, 11) is 5.80. The van der Waals surface area contributed by atoms with Gasteiger partial charge in [-0.15, -0.1) is 0 Å². The van der Waals surface area contributed by atoms with E-state index in [1.54, 1.807) is 36.2 Å². The van der Waals surface area contributed by atoms with Crippen LogP contribution in [0.1, 0.15) is 6.42 Å². The van der Waals surface area contributed by atoms with Crippen molar-refractivity contribution in [3.8, 4) is 17.0 Å². The molecule has 10 nitrogen and oxygen atoms in total. The predicted octanol–water partition coefficient (Wildman–Crippen LogP) is 4.36. The van der Waals surface area contributed by atoms with Crippen LogP contribution in [0.3, 0.4) is 0 Å². The number of amides is 1. The molecule has 2 N–H and O–H groups in total. The first-order valence-corrected chi connectivity index (χ1v) is 12.7. The van der Waals surface area contributed by atoms with Gasteiger partial charge in [-0.25, -0.2) is 14.5 Å². The summed E-state index contributed by atoms with van der Waals surface area (Å²) in [5.74, 6) is 0.761. The van der Waals surface area contributed by atoms with Crippen molar-refractivity contribution < 1.29 is 9.53 Å². The summed E-state index contributed by atoms with van der Waals surface area (Å²) in [5, 5.41) is 10.7. The molecule has 0 aliphatic carbocycles. The fraction of sp³-hybridized carbons (Fsp3) is 0.241. The van der Waals surface area contributed by atoms with E-state index < -0.39 is 0 Å². The van der Waals surface area contributed by atoms with Crippen molar-refractivity contribution in [1.82, 2.24) is 24.5 Å². The number of pyridine rings is 1. The summed E-state index contributed by atoms with van der Waals surface area (Å²) in [6.07, 6.45) is 11.0. The van der Waals surface area contributed by atoms with Crippen molar-refractivity contribution in [2.75, 3.05) is 49.8 Å². The first-order valence-electron chi connectivity index (χ1n) is 12.7. The molecule has 1 aliphatic heterocycles. The number of ether oxygens (including phenoxy) is 1. The maximum Gasteiger partial charge on any atom is 0.248 e. The van der Waals surface area contributed by atoms with Crippen LogP contribution in [0.5, 0.6) is 5.75 Å². The number of methoxy groups -OCH3 is 1. The zero-order valence-electron chi connectivity index (χ0n) is 22.3. The Morgan fingerprint density at radius 1 is 1.23 bits per heavy atom. The number of benzene rings is 1. The van der Waals surface area contributed by atoms with E-state index in [9.17, 15) is 4.79 Å². The Morgan fingerprint density at radius 3 is 2.87 bits per heavy atom. The Kier molecular flexibility index (Phi) is 7.55. The summed E-state index contributed by atoms with van der Waals surface area (Å²) in [5.41, 5.74) is 4.76. The molecule has 1 saturated heterocycles. The number of rotatable bonds is 9. The molecule has 1 aromatic carbocycles. The van der Waals surface area contributed by atoms with E-state index in [2.05, 4.69) is 51.2 Å². The van der Waals surface area contributed by atoms with Gasteiger partial charge in [-0.3, -0.25) is 4.79 Å². The number of likely N-dealkylation sites (N-methyl/N-ethyl adjacent to an activating group) is 1. The van der Waals surface area contributed by atoms with E-state index in [1.165, 1.54) is 6.08 Å². The van der Waals surface area contributed by atoms with E-state index in [-0.39, 0.29) is 5.91 Å². The molecule has 200 valence electrons. The lowest BCUT2D eigenvalue weighted by molar-refractivity contribution is -0.111. The van der Waals surface area contributed by atoms with Crippen LogP contribution in [0.15, 0.2) is 79.8 Å². The number of nitrogens with one attached hydrogen (secondary N) is 2. The molecule has 1 fully saturated rings. The second kappa shape index (κ2) is 11.4. The molecule has 4 heterocycles. The van der Waals surface area contributed by atoms with E-state index in [0.29, 0.717) is 29.1 Å². The molecule has 0 unspecified atom stereocenters. The first kappa shape index (κ1) is 25.9. The highest BCUT2D eigenvalue weighted by Crippen LogP contribution is 2.40. The van der Waals surface area contributed by atoms with Crippen LogP contribution in [0.25, 0.3) is 16.8 Å². The molecule has 0 spiro atoms. The van der Waals surface area contributed by atoms with Crippen LogP contribution in [0.4, 0.5) is 23.0 Å². The number of hydrogen-bond acceptors (Lipinski definition) is 8. The maximum absolute atomic E-state index is 12.7. The number of allylic oxidation sites excluding steroid dienone is 2. The number of hydrogen-bond donors (Lipinski definition) is 2. The summed E-state index contributed by atoms with van der Waals surface area (Å²) in [6.45, 7) is 5.36. The van der Waals surface area contributed by atoms with Gasteiger partial charge in [0.05, 0.1) is 41.6 Å². The minimum Gasteiger partial charge on any atom is -0.494 e. The topological polar surface area (TPSA) is 99.9 Å². The number of nitrogens with zero attached hydrogens (tertiary/aromatic N) is 6. The lowest BCUT2D eigenvalue weighted by Gasteiger charge is -2.25. The normalized spacial score (nSPS) is 15.3. The van der Waals surface area contributed by atoms with Crippen LogP contribution in [0, 0.1) is 0 Å². The van der Waals surface area contributed by atoms with Crippen molar-refractivity contribution in [1.29, 1.82) is 0 Å². The molecule has 4 aromatic rings. The van der Waals surface area contributed by atoms with Crippen LogP contribution in [-0.4, -0.2) is 70.7 Å². The molecule has 1 amide bonds. The highest BCUT2D eigenvalue weighted by molar-refractivity contribution is 6.02. The fourth-order valence-electron chi connectivity index (χ4n) is 4.73. The summed E-state index contributed by atoms with van der Waals surface area (Å²) < 4.78 is 7.58. The van der Waals surface area contributed by atoms with Crippen molar-refractivity contribution in [3.63, 3.8) is 0 Å². The fourth-order valence-corrected chi connectivity index (χ4v) is 4.73. The Labute approximate surface area is 227 Å². The zero-order chi connectivity index (χ0) is 27.4. The average molecular weight is 525 g/mol. The molecule has 10 heteroatoms. The Bertz CT molecular complexity index is 1530. The second-order valence-corrected chi connectivity index (χ2v) is 9.49. The lowest BCUT2D eigenvalue weighted by atomic mass is 10.2. The van der Waals surface area contributed by atoms with Gasteiger partial charge in [-0.1, -0.05) is 24.8 Å². The van der Waals surface area contributed by atoms with Gasteiger partial charge in [0.25, 0.3) is 0 Å². The SMILES string of the molecule is C=C/C=C\C(=O)Nc1cc(Nc2nccc(-c3cnn4ccccc34)n2)c(OC)cc1N1CC[C@@H](N(C)C)C1. The highest BCUT2D eigenvalue weighted by atomic mass is 16.5. The number of aromatic nitrogens is 4. The summed E-state index contributed by atoms with van der Waals surface area (Å²) in [4.78, 5) is 26.3. The van der Waals surface area contributed by atoms with Crippen LogP contribution < -0.4 is 20.3 Å². The van der Waals surface area contributed by atoms with Crippen molar-refractivity contribution in [2.45, 2.75) is 12.5 Å². The quantitative estimate of drug-likeness (QED) is 0.246. The lowest BCUT2D eigenvalue weighted by Crippen LogP contribution is -2.31. The molecule has 3 aromatic heterocycles. The average Bonchev–Trinajstić information content (AvgIpc) is 3.60. The van der Waals surface area contributed by atoms with Crippen LogP contribution >= 0.6 is 0 Å². The third-order valence-electron chi connectivity index (χ3n) is 6.80. The minimum atomic E-state index is -0.248. The van der Waals surface area contributed by atoms with Gasteiger partial charge in [0.15, 0.2) is 0 Å². The molecular formula is C29H32N8O2. The van der Waals surface area contributed by atoms with Crippen molar-refractivity contribution >= 4 is 34.4 Å². The summed E-state index contributed by atoms with van der Waals surface area (Å²) in [6, 6.07) is 12.0. The standard InChI is InChI=1S/C29H32N8O2/c1-5-6-10-28(38)32-23-16-24(27(39-4)17-26(23)36-15-12-20(19-36)35(2)3)34-29-30-13-11-22(33-29)21-18-31-37-14-8-7-9-25(21)37/h5-11,13-14,16-18,20H,1,12,15,19H2,2-4H3,(H,32,38)(H,30,33,34)/b10-6-/t20-/m1/s1. The minimum absolute atomic E-state index is 0.248. The van der Waals surface area contributed by atoms with Gasteiger partial charge in [0.2, 0.25) is 11.9 Å². The highest BCUT2D eigenvalue weighted by Gasteiger charge is 2.27.